The summed E-state index contributed by atoms with van der Waals surface area (Å²) in [7, 11) is 0. The number of halogens is 2. The third kappa shape index (κ3) is 2.14. The number of benzene rings is 1. The number of carboxylic acid groups (broad SMARTS) is 2. The molecule has 0 heterocycles. The predicted molar refractivity (Wildman–Crippen MR) is 45.9 cm³/mol. The van der Waals surface area contributed by atoms with Crippen molar-refractivity contribution in [1.82, 2.24) is 0 Å². The van der Waals surface area contributed by atoms with E-state index in [1.807, 2.05) is 0 Å². The Labute approximate surface area is 87.6 Å². The summed E-state index contributed by atoms with van der Waals surface area (Å²) in [6.45, 7) is 0. The van der Waals surface area contributed by atoms with Crippen LogP contribution in [0.15, 0.2) is 12.1 Å². The first-order valence-electron chi connectivity index (χ1n) is 3.97. The third-order valence-corrected chi connectivity index (χ3v) is 1.85. The maximum Gasteiger partial charge on any atom is 0.338 e. The van der Waals surface area contributed by atoms with E-state index in [2.05, 4.69) is 0 Å². The van der Waals surface area contributed by atoms with Crippen molar-refractivity contribution in [2.75, 3.05) is 0 Å². The Hall–Kier alpha value is -2.02. The molecule has 5 nitrogen and oxygen atoms in total. The minimum atomic E-state index is -2.24. The van der Waals surface area contributed by atoms with Gasteiger partial charge < -0.3 is 15.3 Å². The molecule has 1 unspecified atom stereocenters. The second kappa shape index (κ2) is 4.23. The van der Waals surface area contributed by atoms with E-state index >= 15 is 0 Å². The van der Waals surface area contributed by atoms with Gasteiger partial charge in [0.15, 0.2) is 6.10 Å². The highest BCUT2D eigenvalue weighted by Crippen LogP contribution is 2.21. The van der Waals surface area contributed by atoms with Crippen LogP contribution < -0.4 is 0 Å². The standard InChI is InChI=1S/C9H6F2O5/c10-5-2-4(8(13)14)6(11)1-3(5)7(12)9(15)16/h1-2,7,12H,(H,13,14)(H,15,16). The summed E-state index contributed by atoms with van der Waals surface area (Å²) < 4.78 is 26.2. The molecule has 3 N–H and O–H groups in total. The van der Waals surface area contributed by atoms with Crippen LogP contribution in [0, 0.1) is 11.6 Å². The first kappa shape index (κ1) is 12.1. The van der Waals surface area contributed by atoms with Gasteiger partial charge in [-0.1, -0.05) is 0 Å². The maximum atomic E-state index is 13.1. The summed E-state index contributed by atoms with van der Waals surface area (Å²) in [5.74, 6) is -6.06. The number of aromatic carboxylic acids is 1. The Morgan fingerprint density at radius 1 is 1.12 bits per heavy atom. The number of hydrogen-bond donors (Lipinski definition) is 3. The third-order valence-electron chi connectivity index (χ3n) is 1.85. The molecule has 0 aromatic heterocycles. The quantitative estimate of drug-likeness (QED) is 0.715. The van der Waals surface area contributed by atoms with Crippen LogP contribution in [-0.2, 0) is 4.79 Å². The van der Waals surface area contributed by atoms with Crippen LogP contribution in [0.25, 0.3) is 0 Å². The Morgan fingerprint density at radius 3 is 2.12 bits per heavy atom. The van der Waals surface area contributed by atoms with Gasteiger partial charge in [0, 0.05) is 5.56 Å². The number of aliphatic carboxylic acids is 1. The zero-order chi connectivity index (χ0) is 12.5. The Kier molecular flexibility index (Phi) is 3.19. The van der Waals surface area contributed by atoms with Gasteiger partial charge in [0.2, 0.25) is 0 Å². The Bertz CT molecular complexity index is 457. The molecule has 0 saturated heterocycles. The van der Waals surface area contributed by atoms with Gasteiger partial charge in [-0.15, -0.1) is 0 Å². The smallest absolute Gasteiger partial charge is 0.338 e. The molecule has 0 spiro atoms. The van der Waals surface area contributed by atoms with E-state index in [1.54, 1.807) is 0 Å². The van der Waals surface area contributed by atoms with E-state index in [9.17, 15) is 18.4 Å². The van der Waals surface area contributed by atoms with Crippen LogP contribution in [-0.4, -0.2) is 27.3 Å². The first-order valence-corrected chi connectivity index (χ1v) is 3.97. The molecule has 0 aliphatic rings. The Morgan fingerprint density at radius 2 is 1.69 bits per heavy atom. The van der Waals surface area contributed by atoms with Crippen molar-refractivity contribution >= 4 is 11.9 Å². The topological polar surface area (TPSA) is 94.8 Å². The molecule has 1 aromatic rings. The number of rotatable bonds is 3. The molecule has 1 atom stereocenters. The number of carbonyl (C=O) groups is 2. The fourth-order valence-corrected chi connectivity index (χ4v) is 1.07. The SMILES string of the molecule is O=C(O)c1cc(F)c(C(O)C(=O)O)cc1F. The van der Waals surface area contributed by atoms with E-state index in [0.29, 0.717) is 12.1 Å². The molecule has 0 radical (unpaired) electrons. The van der Waals surface area contributed by atoms with Gasteiger partial charge in [0.25, 0.3) is 0 Å². The average Bonchev–Trinajstić information content (AvgIpc) is 2.19. The fourth-order valence-electron chi connectivity index (χ4n) is 1.07. The molecule has 86 valence electrons. The molecule has 0 saturated carbocycles. The molecule has 0 bridgehead atoms. The lowest BCUT2D eigenvalue weighted by atomic mass is 10.1. The summed E-state index contributed by atoms with van der Waals surface area (Å²) in [6, 6.07) is 0.663. The number of aliphatic hydroxyl groups is 1. The molecule has 0 aliphatic carbocycles. The van der Waals surface area contributed by atoms with Crippen molar-refractivity contribution < 1.29 is 33.7 Å². The lowest BCUT2D eigenvalue weighted by Crippen LogP contribution is -2.14. The van der Waals surface area contributed by atoms with Crippen LogP contribution in [0.1, 0.15) is 22.0 Å². The lowest BCUT2D eigenvalue weighted by Gasteiger charge is -2.08. The zero-order valence-electron chi connectivity index (χ0n) is 7.65. The minimum absolute atomic E-state index is 0.319. The van der Waals surface area contributed by atoms with Crippen LogP contribution in [0.3, 0.4) is 0 Å². The summed E-state index contributed by atoms with van der Waals surface area (Å²) in [6.07, 6.45) is -2.24. The normalized spacial score (nSPS) is 12.2. The maximum absolute atomic E-state index is 13.1. The molecule has 0 amide bonds. The van der Waals surface area contributed by atoms with Gasteiger partial charge in [-0.2, -0.15) is 0 Å². The number of carboxylic acids is 2. The zero-order valence-corrected chi connectivity index (χ0v) is 7.65. The summed E-state index contributed by atoms with van der Waals surface area (Å²) in [5, 5.41) is 25.8. The van der Waals surface area contributed by atoms with Crippen molar-refractivity contribution in [2.24, 2.45) is 0 Å². The molecule has 1 aromatic carbocycles. The lowest BCUT2D eigenvalue weighted by molar-refractivity contribution is -0.147. The van der Waals surface area contributed by atoms with E-state index < -0.39 is 40.8 Å². The van der Waals surface area contributed by atoms with E-state index in [-0.39, 0.29) is 0 Å². The second-order valence-corrected chi connectivity index (χ2v) is 2.90. The predicted octanol–water partition coefficient (Wildman–Crippen LogP) is 0.781. The minimum Gasteiger partial charge on any atom is -0.479 e. The fraction of sp³-hybridized carbons (Fsp3) is 0.111. The average molecular weight is 232 g/mol. The molecule has 0 aliphatic heterocycles. The van der Waals surface area contributed by atoms with Crippen LogP contribution in [0.2, 0.25) is 0 Å². The number of hydrogen-bond acceptors (Lipinski definition) is 3. The van der Waals surface area contributed by atoms with Gasteiger partial charge in [-0.05, 0) is 12.1 Å². The highest BCUT2D eigenvalue weighted by Gasteiger charge is 2.23. The second-order valence-electron chi connectivity index (χ2n) is 2.90. The molecule has 0 fully saturated rings. The highest BCUT2D eigenvalue weighted by atomic mass is 19.1. The van der Waals surface area contributed by atoms with Gasteiger partial charge >= 0.3 is 11.9 Å². The van der Waals surface area contributed by atoms with Crippen molar-refractivity contribution in [3.05, 3.63) is 34.9 Å². The van der Waals surface area contributed by atoms with E-state index in [4.69, 9.17) is 15.3 Å². The largest absolute Gasteiger partial charge is 0.479 e. The van der Waals surface area contributed by atoms with Gasteiger partial charge in [-0.25, -0.2) is 18.4 Å². The van der Waals surface area contributed by atoms with Crippen LogP contribution >= 0.6 is 0 Å². The molecular formula is C9H6F2O5. The summed E-state index contributed by atoms with van der Waals surface area (Å²) >= 11 is 0. The molecule has 7 heteroatoms. The monoisotopic (exact) mass is 232 g/mol. The Balaban J connectivity index is 3.31. The van der Waals surface area contributed by atoms with E-state index in [0.717, 1.165) is 0 Å². The van der Waals surface area contributed by atoms with Crippen LogP contribution in [0.5, 0.6) is 0 Å². The number of aliphatic hydroxyl groups excluding tert-OH is 1. The molecule has 16 heavy (non-hydrogen) atoms. The van der Waals surface area contributed by atoms with Crippen molar-refractivity contribution in [1.29, 1.82) is 0 Å². The van der Waals surface area contributed by atoms with Gasteiger partial charge in [-0.3, -0.25) is 0 Å². The van der Waals surface area contributed by atoms with E-state index in [1.165, 1.54) is 0 Å². The van der Waals surface area contributed by atoms with Gasteiger partial charge in [0.05, 0.1) is 5.56 Å². The molecule has 1 rings (SSSR count). The van der Waals surface area contributed by atoms with Crippen molar-refractivity contribution in [2.45, 2.75) is 6.10 Å². The highest BCUT2D eigenvalue weighted by molar-refractivity contribution is 5.88. The van der Waals surface area contributed by atoms with Crippen molar-refractivity contribution in [3.63, 3.8) is 0 Å². The first-order chi connectivity index (χ1) is 7.34. The van der Waals surface area contributed by atoms with Crippen LogP contribution in [0.4, 0.5) is 8.78 Å². The van der Waals surface area contributed by atoms with Gasteiger partial charge in [0.1, 0.15) is 11.6 Å². The summed E-state index contributed by atoms with van der Waals surface area (Å²) in [5.41, 5.74) is -1.76. The van der Waals surface area contributed by atoms with Crippen molar-refractivity contribution in [3.8, 4) is 0 Å². The summed E-state index contributed by atoms with van der Waals surface area (Å²) in [4.78, 5) is 20.7. The molecular weight excluding hydrogens is 226 g/mol.